The summed E-state index contributed by atoms with van der Waals surface area (Å²) >= 11 is 0. The van der Waals surface area contributed by atoms with E-state index in [0.29, 0.717) is 12.8 Å². The zero-order valence-corrected chi connectivity index (χ0v) is 8.58. The van der Waals surface area contributed by atoms with E-state index in [9.17, 15) is 0 Å². The highest BCUT2D eigenvalue weighted by molar-refractivity contribution is 5.14. The summed E-state index contributed by atoms with van der Waals surface area (Å²) in [5.74, 6) is 0. The van der Waals surface area contributed by atoms with E-state index in [4.69, 9.17) is 4.74 Å². The van der Waals surface area contributed by atoms with E-state index in [1.807, 2.05) is 10.8 Å². The molecule has 0 bridgehead atoms. The number of nitrogens with zero attached hydrogens (tertiary/aromatic N) is 1. The Labute approximate surface area is 79.7 Å². The van der Waals surface area contributed by atoms with Gasteiger partial charge in [0.15, 0.2) is 0 Å². The molecule has 13 heavy (non-hydrogen) atoms. The third-order valence-corrected chi connectivity index (χ3v) is 2.06. The molecule has 0 saturated heterocycles. The minimum absolute atomic E-state index is 0.420. The first-order valence-electron chi connectivity index (χ1n) is 4.66. The highest BCUT2D eigenvalue weighted by Crippen LogP contribution is 2.11. The molecule has 0 aliphatic carbocycles. The maximum Gasteiger partial charge on any atom is 0.121 e. The van der Waals surface area contributed by atoms with Crippen LogP contribution in [0.4, 0.5) is 0 Å². The Hall–Kier alpha value is -0.800. The Morgan fingerprint density at radius 3 is 3.00 bits per heavy atom. The normalized spacial score (nSPS) is 13.2. The molecule has 0 radical (unpaired) electrons. The van der Waals surface area contributed by atoms with E-state index in [-0.39, 0.29) is 0 Å². The summed E-state index contributed by atoms with van der Waals surface area (Å²) in [7, 11) is 1.70. The fraction of sp³-hybridized carbons (Fsp3) is 0.600. The maximum absolute atomic E-state index is 5.02. The van der Waals surface area contributed by atoms with E-state index < -0.39 is 0 Å². The molecule has 3 heteroatoms. The minimum atomic E-state index is 0.420. The van der Waals surface area contributed by atoms with Gasteiger partial charge < -0.3 is 14.6 Å². The van der Waals surface area contributed by atoms with Gasteiger partial charge in [0, 0.05) is 25.5 Å². The van der Waals surface area contributed by atoms with Gasteiger partial charge in [-0.2, -0.15) is 0 Å². The Bertz CT molecular complexity index is 245. The van der Waals surface area contributed by atoms with Crippen molar-refractivity contribution in [2.45, 2.75) is 26.6 Å². The van der Waals surface area contributed by atoms with Crippen LogP contribution in [0.15, 0.2) is 18.5 Å². The summed E-state index contributed by atoms with van der Waals surface area (Å²) in [6.45, 7) is 5.90. The van der Waals surface area contributed by atoms with Gasteiger partial charge in [-0.3, -0.25) is 0 Å². The molecule has 0 amide bonds. The third kappa shape index (κ3) is 2.86. The van der Waals surface area contributed by atoms with E-state index in [2.05, 4.69) is 31.4 Å². The molecule has 0 spiro atoms. The van der Waals surface area contributed by atoms with Crippen molar-refractivity contribution in [1.82, 2.24) is 9.88 Å². The molecular formula is C10H18N2O. The summed E-state index contributed by atoms with van der Waals surface area (Å²) in [6, 6.07) is 2.54. The molecule has 74 valence electrons. The van der Waals surface area contributed by atoms with Crippen LogP contribution in [-0.2, 0) is 11.5 Å². The Morgan fingerprint density at radius 1 is 1.62 bits per heavy atom. The molecule has 0 fully saturated rings. The van der Waals surface area contributed by atoms with Gasteiger partial charge in [0.2, 0.25) is 0 Å². The predicted octanol–water partition coefficient (Wildman–Crippen LogP) is 1.76. The van der Waals surface area contributed by atoms with Crippen LogP contribution in [0.2, 0.25) is 0 Å². The smallest absolute Gasteiger partial charge is 0.121 e. The number of hydrogen-bond donors (Lipinski definition) is 1. The largest absolute Gasteiger partial charge is 0.364 e. The van der Waals surface area contributed by atoms with E-state index in [0.717, 1.165) is 6.54 Å². The van der Waals surface area contributed by atoms with Crippen LogP contribution < -0.4 is 5.32 Å². The lowest BCUT2D eigenvalue weighted by Crippen LogP contribution is -2.17. The topological polar surface area (TPSA) is 26.2 Å². The van der Waals surface area contributed by atoms with Crippen LogP contribution in [0.1, 0.15) is 25.5 Å². The Kier molecular flexibility index (Phi) is 3.99. The van der Waals surface area contributed by atoms with Crippen LogP contribution in [0.5, 0.6) is 0 Å². The third-order valence-electron chi connectivity index (χ3n) is 2.06. The highest BCUT2D eigenvalue weighted by Gasteiger charge is 2.04. The van der Waals surface area contributed by atoms with E-state index in [1.54, 1.807) is 7.11 Å². The lowest BCUT2D eigenvalue weighted by Gasteiger charge is -2.09. The molecule has 1 aromatic rings. The van der Waals surface area contributed by atoms with Gasteiger partial charge in [-0.05, 0) is 25.1 Å². The van der Waals surface area contributed by atoms with Gasteiger partial charge in [0.05, 0.1) is 0 Å². The molecule has 1 heterocycles. The van der Waals surface area contributed by atoms with Gasteiger partial charge in [-0.25, -0.2) is 0 Å². The van der Waals surface area contributed by atoms with Crippen LogP contribution >= 0.6 is 0 Å². The summed E-state index contributed by atoms with van der Waals surface area (Å²) in [5.41, 5.74) is 1.30. The standard InChI is InChI=1S/C10H18N2O/c1-4-11-9(2)10-5-6-12(7-10)8-13-3/h5-7,9,11H,4,8H2,1-3H3. The first-order valence-corrected chi connectivity index (χ1v) is 4.66. The molecule has 3 nitrogen and oxygen atoms in total. The second-order valence-corrected chi connectivity index (χ2v) is 3.16. The van der Waals surface area contributed by atoms with Crippen molar-refractivity contribution in [1.29, 1.82) is 0 Å². The molecule has 1 atom stereocenters. The molecule has 0 aliphatic rings. The number of nitrogens with one attached hydrogen (secondary N) is 1. The molecule has 1 unspecified atom stereocenters. The number of rotatable bonds is 5. The minimum Gasteiger partial charge on any atom is -0.364 e. The molecular weight excluding hydrogens is 164 g/mol. The van der Waals surface area contributed by atoms with Crippen LogP contribution in [0, 0.1) is 0 Å². The van der Waals surface area contributed by atoms with Crippen molar-refractivity contribution in [2.24, 2.45) is 0 Å². The molecule has 0 saturated carbocycles. The van der Waals surface area contributed by atoms with Gasteiger partial charge in [0.1, 0.15) is 6.73 Å². The number of methoxy groups -OCH3 is 1. The van der Waals surface area contributed by atoms with Crippen molar-refractivity contribution < 1.29 is 4.74 Å². The van der Waals surface area contributed by atoms with Crippen molar-refractivity contribution in [3.05, 3.63) is 24.0 Å². The summed E-state index contributed by atoms with van der Waals surface area (Å²) in [4.78, 5) is 0. The zero-order valence-electron chi connectivity index (χ0n) is 8.58. The van der Waals surface area contributed by atoms with Gasteiger partial charge in [-0.15, -0.1) is 0 Å². The average molecular weight is 182 g/mol. The maximum atomic E-state index is 5.02. The van der Waals surface area contributed by atoms with Crippen molar-refractivity contribution in [3.8, 4) is 0 Å². The molecule has 0 aliphatic heterocycles. The Morgan fingerprint density at radius 2 is 2.38 bits per heavy atom. The molecule has 1 aromatic heterocycles. The quantitative estimate of drug-likeness (QED) is 0.751. The van der Waals surface area contributed by atoms with Crippen LogP contribution in [0.25, 0.3) is 0 Å². The summed E-state index contributed by atoms with van der Waals surface area (Å²) < 4.78 is 7.05. The van der Waals surface area contributed by atoms with Crippen molar-refractivity contribution in [2.75, 3.05) is 13.7 Å². The average Bonchev–Trinajstić information content (AvgIpc) is 2.54. The van der Waals surface area contributed by atoms with Gasteiger partial charge in [0.25, 0.3) is 0 Å². The SMILES string of the molecule is CCNC(C)c1ccn(COC)c1. The molecule has 0 aromatic carbocycles. The fourth-order valence-corrected chi connectivity index (χ4v) is 1.37. The fourth-order valence-electron chi connectivity index (χ4n) is 1.37. The number of hydrogen-bond acceptors (Lipinski definition) is 2. The second-order valence-electron chi connectivity index (χ2n) is 3.16. The van der Waals surface area contributed by atoms with Crippen molar-refractivity contribution in [3.63, 3.8) is 0 Å². The number of aromatic nitrogens is 1. The lowest BCUT2D eigenvalue weighted by molar-refractivity contribution is 0.131. The van der Waals surface area contributed by atoms with Crippen LogP contribution in [-0.4, -0.2) is 18.2 Å². The summed E-state index contributed by atoms with van der Waals surface area (Å²) in [6.07, 6.45) is 4.14. The van der Waals surface area contributed by atoms with Gasteiger partial charge in [-0.1, -0.05) is 6.92 Å². The molecule has 1 N–H and O–H groups in total. The van der Waals surface area contributed by atoms with Crippen molar-refractivity contribution >= 4 is 0 Å². The van der Waals surface area contributed by atoms with Gasteiger partial charge >= 0.3 is 0 Å². The Balaban J connectivity index is 2.56. The predicted molar refractivity (Wildman–Crippen MR) is 53.5 cm³/mol. The second kappa shape index (κ2) is 5.04. The highest BCUT2D eigenvalue weighted by atomic mass is 16.5. The van der Waals surface area contributed by atoms with E-state index >= 15 is 0 Å². The summed E-state index contributed by atoms with van der Waals surface area (Å²) in [5, 5.41) is 3.36. The molecule has 1 rings (SSSR count). The lowest BCUT2D eigenvalue weighted by atomic mass is 10.2. The van der Waals surface area contributed by atoms with E-state index in [1.165, 1.54) is 5.56 Å². The monoisotopic (exact) mass is 182 g/mol. The first kappa shape index (κ1) is 10.3. The zero-order chi connectivity index (χ0) is 9.68. The van der Waals surface area contributed by atoms with Crippen LogP contribution in [0.3, 0.4) is 0 Å². The number of ether oxygens (including phenoxy) is 1. The first-order chi connectivity index (χ1) is 6.27.